The van der Waals surface area contributed by atoms with Crippen LogP contribution >= 0.6 is 11.6 Å². The van der Waals surface area contributed by atoms with E-state index >= 15 is 0 Å². The number of pyridine rings is 1. The first-order valence-corrected chi connectivity index (χ1v) is 5.76. The molecule has 0 aliphatic heterocycles. The van der Waals surface area contributed by atoms with E-state index in [2.05, 4.69) is 10.3 Å². The maximum Gasteiger partial charge on any atom is 0.0820 e. The molecular weight excluding hydrogens is 234 g/mol. The highest BCUT2D eigenvalue weighted by Crippen LogP contribution is 2.27. The normalized spacial score (nSPS) is 12.1. The fourth-order valence-electron chi connectivity index (χ4n) is 1.71. The van der Waals surface area contributed by atoms with Crippen LogP contribution in [-0.4, -0.2) is 4.98 Å². The van der Waals surface area contributed by atoms with Crippen molar-refractivity contribution in [3.05, 3.63) is 53.3 Å². The fraction of sp³-hybridized carbons (Fsp3) is 0.154. The lowest BCUT2D eigenvalue weighted by atomic mass is 10.1. The van der Waals surface area contributed by atoms with Crippen molar-refractivity contribution in [3.63, 3.8) is 0 Å². The van der Waals surface area contributed by atoms with Crippen molar-refractivity contribution in [1.29, 1.82) is 0 Å². The molecule has 3 nitrogen and oxygen atoms in total. The van der Waals surface area contributed by atoms with E-state index in [-0.39, 0.29) is 6.04 Å². The lowest BCUT2D eigenvalue weighted by molar-refractivity contribution is 0.887. The number of benzene rings is 1. The minimum atomic E-state index is 0.0936. The number of nitrogens with two attached hydrogens (primary N) is 1. The highest BCUT2D eigenvalue weighted by atomic mass is 35.5. The van der Waals surface area contributed by atoms with E-state index in [9.17, 15) is 0 Å². The lowest BCUT2D eigenvalue weighted by Gasteiger charge is -2.18. The Bertz CT molecular complexity index is 514. The van der Waals surface area contributed by atoms with Crippen LogP contribution in [0.15, 0.2) is 42.7 Å². The second kappa shape index (κ2) is 5.06. The molecular formula is C13H14ClN3. The van der Waals surface area contributed by atoms with E-state index in [0.717, 1.165) is 16.9 Å². The van der Waals surface area contributed by atoms with Crippen molar-refractivity contribution in [2.45, 2.75) is 13.0 Å². The molecule has 2 rings (SSSR count). The van der Waals surface area contributed by atoms with Crippen LogP contribution in [0, 0.1) is 0 Å². The van der Waals surface area contributed by atoms with E-state index in [4.69, 9.17) is 17.3 Å². The highest BCUT2D eigenvalue weighted by Gasteiger charge is 2.09. The Morgan fingerprint density at radius 1 is 1.29 bits per heavy atom. The van der Waals surface area contributed by atoms with Crippen molar-refractivity contribution in [3.8, 4) is 0 Å². The van der Waals surface area contributed by atoms with Crippen molar-refractivity contribution >= 4 is 23.0 Å². The van der Waals surface area contributed by atoms with Crippen LogP contribution in [0.2, 0.25) is 5.02 Å². The van der Waals surface area contributed by atoms with E-state index in [1.807, 2.05) is 37.3 Å². The monoisotopic (exact) mass is 247 g/mol. The Hall–Kier alpha value is -1.74. The van der Waals surface area contributed by atoms with E-state index in [1.54, 1.807) is 12.4 Å². The summed E-state index contributed by atoms with van der Waals surface area (Å²) in [4.78, 5) is 3.95. The number of nitrogens with zero attached hydrogens (tertiary/aromatic N) is 1. The molecule has 4 heteroatoms. The third-order valence-corrected chi connectivity index (χ3v) is 2.91. The Morgan fingerprint density at radius 3 is 2.76 bits per heavy atom. The maximum atomic E-state index is 6.04. The summed E-state index contributed by atoms with van der Waals surface area (Å²) in [6, 6.07) is 9.72. The van der Waals surface area contributed by atoms with Crippen molar-refractivity contribution < 1.29 is 0 Å². The Kier molecular flexibility index (Phi) is 3.49. The first kappa shape index (κ1) is 11.7. The van der Waals surface area contributed by atoms with Crippen molar-refractivity contribution in [1.82, 2.24) is 4.98 Å². The standard InChI is InChI=1S/C13H14ClN3/c1-9(10-4-2-3-5-12(10)15)17-13-6-7-16-8-11(13)14/h2-9H,15H2,1H3,(H,16,17). The zero-order valence-corrected chi connectivity index (χ0v) is 10.3. The SMILES string of the molecule is CC(Nc1ccncc1Cl)c1ccccc1N. The smallest absolute Gasteiger partial charge is 0.0820 e. The average Bonchev–Trinajstić information content (AvgIpc) is 2.32. The predicted molar refractivity (Wildman–Crippen MR) is 72.1 cm³/mol. The number of hydrogen-bond acceptors (Lipinski definition) is 3. The van der Waals surface area contributed by atoms with Gasteiger partial charge in [-0.2, -0.15) is 0 Å². The molecule has 3 N–H and O–H groups in total. The molecule has 1 aromatic carbocycles. The Morgan fingerprint density at radius 2 is 2.06 bits per heavy atom. The molecule has 17 heavy (non-hydrogen) atoms. The molecule has 0 aliphatic rings. The number of nitrogens with one attached hydrogen (secondary N) is 1. The van der Waals surface area contributed by atoms with Crippen LogP contribution < -0.4 is 11.1 Å². The average molecular weight is 248 g/mol. The molecule has 0 saturated carbocycles. The Labute approximate surface area is 106 Å². The first-order valence-electron chi connectivity index (χ1n) is 5.39. The van der Waals surface area contributed by atoms with Gasteiger partial charge in [0.15, 0.2) is 0 Å². The summed E-state index contributed by atoms with van der Waals surface area (Å²) in [5.41, 5.74) is 8.62. The molecule has 1 unspecified atom stereocenters. The van der Waals surface area contributed by atoms with Crippen molar-refractivity contribution in [2.75, 3.05) is 11.1 Å². The van der Waals surface area contributed by atoms with E-state index < -0.39 is 0 Å². The van der Waals surface area contributed by atoms with Gasteiger partial charge in [0.1, 0.15) is 0 Å². The number of anilines is 2. The topological polar surface area (TPSA) is 50.9 Å². The quantitative estimate of drug-likeness (QED) is 0.817. The molecule has 1 atom stereocenters. The summed E-state index contributed by atoms with van der Waals surface area (Å²) in [5.74, 6) is 0. The molecule has 0 aliphatic carbocycles. The van der Waals surface area contributed by atoms with Gasteiger partial charge in [-0.1, -0.05) is 29.8 Å². The summed E-state index contributed by atoms with van der Waals surface area (Å²) in [5, 5.41) is 3.92. The number of nitrogen functional groups attached to an aromatic ring is 1. The second-order valence-corrected chi connectivity index (χ2v) is 4.26. The molecule has 0 spiro atoms. The number of para-hydroxylation sites is 1. The fourth-order valence-corrected chi connectivity index (χ4v) is 1.88. The molecule has 1 aromatic heterocycles. The summed E-state index contributed by atoms with van der Waals surface area (Å²) in [7, 11) is 0. The van der Waals surface area contributed by atoms with Gasteiger partial charge in [-0.15, -0.1) is 0 Å². The highest BCUT2D eigenvalue weighted by molar-refractivity contribution is 6.33. The van der Waals surface area contributed by atoms with Gasteiger partial charge in [-0.25, -0.2) is 0 Å². The van der Waals surface area contributed by atoms with Crippen LogP contribution in [0.25, 0.3) is 0 Å². The summed E-state index contributed by atoms with van der Waals surface area (Å²) < 4.78 is 0. The van der Waals surface area contributed by atoms with Gasteiger partial charge in [0.2, 0.25) is 0 Å². The van der Waals surface area contributed by atoms with Crippen LogP contribution in [-0.2, 0) is 0 Å². The summed E-state index contributed by atoms with van der Waals surface area (Å²) >= 11 is 6.04. The van der Waals surface area contributed by atoms with Crippen LogP contribution in [0.3, 0.4) is 0 Å². The molecule has 1 heterocycles. The zero-order chi connectivity index (χ0) is 12.3. The van der Waals surface area contributed by atoms with Gasteiger partial charge in [0, 0.05) is 18.1 Å². The second-order valence-electron chi connectivity index (χ2n) is 3.85. The first-order chi connectivity index (χ1) is 8.18. The summed E-state index contributed by atoms with van der Waals surface area (Å²) in [6.45, 7) is 2.04. The molecule has 2 aromatic rings. The Balaban J connectivity index is 2.20. The van der Waals surface area contributed by atoms with Gasteiger partial charge in [-0.3, -0.25) is 4.98 Å². The molecule has 0 amide bonds. The largest absolute Gasteiger partial charge is 0.398 e. The molecule has 88 valence electrons. The van der Waals surface area contributed by atoms with Gasteiger partial charge in [-0.05, 0) is 24.6 Å². The van der Waals surface area contributed by atoms with Gasteiger partial charge < -0.3 is 11.1 Å². The molecule has 0 saturated heterocycles. The van der Waals surface area contributed by atoms with Gasteiger partial charge in [0.25, 0.3) is 0 Å². The van der Waals surface area contributed by atoms with Gasteiger partial charge >= 0.3 is 0 Å². The van der Waals surface area contributed by atoms with E-state index in [1.165, 1.54) is 0 Å². The number of rotatable bonds is 3. The third kappa shape index (κ3) is 2.68. The summed E-state index contributed by atoms with van der Waals surface area (Å²) in [6.07, 6.45) is 3.32. The van der Waals surface area contributed by atoms with Crippen LogP contribution in [0.5, 0.6) is 0 Å². The van der Waals surface area contributed by atoms with E-state index in [0.29, 0.717) is 5.02 Å². The third-order valence-electron chi connectivity index (χ3n) is 2.61. The number of hydrogen-bond donors (Lipinski definition) is 2. The molecule has 0 fully saturated rings. The van der Waals surface area contributed by atoms with Crippen LogP contribution in [0.4, 0.5) is 11.4 Å². The predicted octanol–water partition coefficient (Wildman–Crippen LogP) is 3.49. The van der Waals surface area contributed by atoms with Gasteiger partial charge in [0.05, 0.1) is 16.8 Å². The van der Waals surface area contributed by atoms with Crippen LogP contribution in [0.1, 0.15) is 18.5 Å². The number of halogens is 1. The minimum absolute atomic E-state index is 0.0936. The maximum absolute atomic E-state index is 6.04. The number of aromatic nitrogens is 1. The molecule has 0 radical (unpaired) electrons. The molecule has 0 bridgehead atoms. The van der Waals surface area contributed by atoms with Crippen molar-refractivity contribution in [2.24, 2.45) is 0 Å². The lowest BCUT2D eigenvalue weighted by Crippen LogP contribution is -2.09. The zero-order valence-electron chi connectivity index (χ0n) is 9.52. The minimum Gasteiger partial charge on any atom is -0.398 e.